The van der Waals surface area contributed by atoms with Gasteiger partial charge in [0.1, 0.15) is 7.14 Å². The van der Waals surface area contributed by atoms with E-state index in [1.165, 1.54) is 0 Å². The van der Waals surface area contributed by atoms with E-state index in [1.807, 2.05) is 30.3 Å². The highest BCUT2D eigenvalue weighted by atomic mass is 31.2. The number of hydrogen-bond donors (Lipinski definition) is 0. The van der Waals surface area contributed by atoms with Crippen molar-refractivity contribution in [2.45, 2.75) is 13.5 Å². The molecule has 0 bridgehead atoms. The quantitative estimate of drug-likeness (QED) is 0.784. The summed E-state index contributed by atoms with van der Waals surface area (Å²) in [6.45, 7) is 7.46. The number of hydrogen-bond acceptors (Lipinski definition) is 3. The molecular weight excluding hydrogens is 257 g/mol. The second-order valence-corrected chi connectivity index (χ2v) is 8.23. The maximum atomic E-state index is 12.0. The van der Waals surface area contributed by atoms with Crippen LogP contribution in [0.2, 0.25) is 0 Å². The van der Waals surface area contributed by atoms with Gasteiger partial charge in [-0.2, -0.15) is 0 Å². The van der Waals surface area contributed by atoms with E-state index < -0.39 is 7.14 Å². The molecule has 102 valence electrons. The molecule has 0 aliphatic rings. The second-order valence-electron chi connectivity index (χ2n) is 5.01. The molecule has 1 heterocycles. The Bertz CT molecular complexity index is 554. The highest BCUT2D eigenvalue weighted by Crippen LogP contribution is 2.34. The molecule has 2 aromatic rings. The van der Waals surface area contributed by atoms with Crippen molar-refractivity contribution in [3.05, 3.63) is 48.4 Å². The van der Waals surface area contributed by atoms with Gasteiger partial charge >= 0.3 is 0 Å². The van der Waals surface area contributed by atoms with Crippen molar-refractivity contribution in [3.63, 3.8) is 0 Å². The maximum Gasteiger partial charge on any atom is 0.109 e. The van der Waals surface area contributed by atoms with E-state index in [0.29, 0.717) is 0 Å². The van der Waals surface area contributed by atoms with Crippen molar-refractivity contribution in [1.82, 2.24) is 0 Å². The topological polar surface area (TPSA) is 33.5 Å². The molecule has 0 amide bonds. The third-order valence-corrected chi connectivity index (χ3v) is 4.71. The molecule has 1 aromatic heterocycles. The van der Waals surface area contributed by atoms with Crippen LogP contribution >= 0.6 is 7.14 Å². The SMILES string of the molecule is CCN(Cc1ccoc1)c1ccc(P(C)(C)=O)cc1. The fourth-order valence-corrected chi connectivity index (χ4v) is 2.88. The molecule has 19 heavy (non-hydrogen) atoms. The van der Waals surface area contributed by atoms with Crippen molar-refractivity contribution in [2.75, 3.05) is 24.8 Å². The van der Waals surface area contributed by atoms with E-state index in [9.17, 15) is 4.57 Å². The smallest absolute Gasteiger partial charge is 0.109 e. The minimum absolute atomic E-state index is 0.822. The molecule has 3 nitrogen and oxygen atoms in total. The van der Waals surface area contributed by atoms with Crippen molar-refractivity contribution in [3.8, 4) is 0 Å². The van der Waals surface area contributed by atoms with Crippen LogP contribution in [-0.2, 0) is 11.1 Å². The van der Waals surface area contributed by atoms with E-state index >= 15 is 0 Å². The normalized spacial score (nSPS) is 11.5. The van der Waals surface area contributed by atoms with Gasteiger partial charge in [-0.05, 0) is 50.6 Å². The zero-order valence-corrected chi connectivity index (χ0v) is 12.6. The third kappa shape index (κ3) is 3.51. The first-order valence-electron chi connectivity index (χ1n) is 6.42. The summed E-state index contributed by atoms with van der Waals surface area (Å²) < 4.78 is 17.1. The molecule has 1 aromatic carbocycles. The molecule has 0 spiro atoms. The molecule has 0 saturated heterocycles. The van der Waals surface area contributed by atoms with Crippen LogP contribution < -0.4 is 10.2 Å². The van der Waals surface area contributed by atoms with Crippen LogP contribution in [0.5, 0.6) is 0 Å². The Labute approximate surface area is 114 Å². The summed E-state index contributed by atoms with van der Waals surface area (Å²) in [4.78, 5) is 2.25. The zero-order valence-electron chi connectivity index (χ0n) is 11.7. The van der Waals surface area contributed by atoms with Gasteiger partial charge in [0.15, 0.2) is 0 Å². The molecule has 0 aliphatic carbocycles. The summed E-state index contributed by atoms with van der Waals surface area (Å²) in [5.74, 6) is 0. The van der Waals surface area contributed by atoms with Crippen molar-refractivity contribution >= 4 is 18.1 Å². The fraction of sp³-hybridized carbons (Fsp3) is 0.333. The van der Waals surface area contributed by atoms with Gasteiger partial charge in [0.25, 0.3) is 0 Å². The van der Waals surface area contributed by atoms with Crippen molar-refractivity contribution in [2.24, 2.45) is 0 Å². The van der Waals surface area contributed by atoms with Crippen LogP contribution in [0.1, 0.15) is 12.5 Å². The van der Waals surface area contributed by atoms with Crippen LogP contribution in [0.15, 0.2) is 47.3 Å². The lowest BCUT2D eigenvalue weighted by atomic mass is 10.2. The van der Waals surface area contributed by atoms with Gasteiger partial charge in [0, 0.05) is 29.6 Å². The summed E-state index contributed by atoms with van der Waals surface area (Å²) in [6, 6.07) is 9.99. The van der Waals surface area contributed by atoms with E-state index in [0.717, 1.165) is 29.6 Å². The first-order valence-corrected chi connectivity index (χ1v) is 9.02. The second kappa shape index (κ2) is 5.66. The molecular formula is C15H20NO2P. The Morgan fingerprint density at radius 2 is 1.84 bits per heavy atom. The average Bonchev–Trinajstić information content (AvgIpc) is 2.88. The van der Waals surface area contributed by atoms with Crippen molar-refractivity contribution in [1.29, 1.82) is 0 Å². The summed E-state index contributed by atoms with van der Waals surface area (Å²) in [6.07, 6.45) is 3.46. The Balaban J connectivity index is 2.17. The molecule has 0 radical (unpaired) electrons. The van der Waals surface area contributed by atoms with Crippen LogP contribution in [0.25, 0.3) is 0 Å². The Hall–Kier alpha value is -1.47. The number of anilines is 1. The minimum Gasteiger partial charge on any atom is -0.472 e. The van der Waals surface area contributed by atoms with Gasteiger partial charge in [-0.25, -0.2) is 0 Å². The molecule has 0 fully saturated rings. The maximum absolute atomic E-state index is 12.0. The Morgan fingerprint density at radius 1 is 1.16 bits per heavy atom. The van der Waals surface area contributed by atoms with Crippen LogP contribution in [0, 0.1) is 0 Å². The molecule has 0 saturated carbocycles. The molecule has 0 atom stereocenters. The van der Waals surface area contributed by atoms with Gasteiger partial charge in [-0.15, -0.1) is 0 Å². The fourth-order valence-electron chi connectivity index (χ4n) is 2.01. The molecule has 0 unspecified atom stereocenters. The van der Waals surface area contributed by atoms with E-state index in [2.05, 4.69) is 11.8 Å². The lowest BCUT2D eigenvalue weighted by Gasteiger charge is -2.23. The number of benzene rings is 1. The summed E-state index contributed by atoms with van der Waals surface area (Å²) >= 11 is 0. The third-order valence-electron chi connectivity index (χ3n) is 3.17. The number of nitrogens with zero attached hydrogens (tertiary/aromatic N) is 1. The summed E-state index contributed by atoms with van der Waals surface area (Å²) in [5, 5.41) is 0.926. The summed E-state index contributed by atoms with van der Waals surface area (Å²) in [7, 11) is -2.17. The lowest BCUT2D eigenvalue weighted by molar-refractivity contribution is 0.563. The molecule has 2 rings (SSSR count). The highest BCUT2D eigenvalue weighted by molar-refractivity contribution is 7.70. The van der Waals surface area contributed by atoms with E-state index in [-0.39, 0.29) is 0 Å². The van der Waals surface area contributed by atoms with E-state index in [4.69, 9.17) is 4.42 Å². The average molecular weight is 277 g/mol. The standard InChI is InChI=1S/C15H20NO2P/c1-4-16(11-13-9-10-18-12-13)14-5-7-15(8-6-14)19(2,3)17/h5-10,12H,4,11H2,1-3H3. The van der Waals surface area contributed by atoms with Gasteiger partial charge in [-0.1, -0.05) is 0 Å². The molecule has 4 heteroatoms. The summed E-state index contributed by atoms with van der Waals surface area (Å²) in [5.41, 5.74) is 2.29. The molecule has 0 N–H and O–H groups in total. The number of rotatable bonds is 5. The van der Waals surface area contributed by atoms with Gasteiger partial charge in [0.05, 0.1) is 12.5 Å². The molecule has 0 aliphatic heterocycles. The lowest BCUT2D eigenvalue weighted by Crippen LogP contribution is -2.22. The monoisotopic (exact) mass is 277 g/mol. The van der Waals surface area contributed by atoms with Gasteiger partial charge in [0.2, 0.25) is 0 Å². The van der Waals surface area contributed by atoms with Crippen molar-refractivity contribution < 1.29 is 8.98 Å². The zero-order chi connectivity index (χ0) is 13.9. The predicted octanol–water partition coefficient (Wildman–Crippen LogP) is 3.55. The van der Waals surface area contributed by atoms with Crippen LogP contribution in [0.4, 0.5) is 5.69 Å². The largest absolute Gasteiger partial charge is 0.472 e. The Morgan fingerprint density at radius 3 is 2.32 bits per heavy atom. The van der Waals surface area contributed by atoms with E-state index in [1.54, 1.807) is 25.9 Å². The number of furan rings is 1. The Kier molecular flexibility index (Phi) is 4.16. The van der Waals surface area contributed by atoms with Crippen LogP contribution in [0.3, 0.4) is 0 Å². The first-order chi connectivity index (χ1) is 9.00. The van der Waals surface area contributed by atoms with Gasteiger partial charge in [-0.3, -0.25) is 0 Å². The minimum atomic E-state index is -2.17. The highest BCUT2D eigenvalue weighted by Gasteiger charge is 2.12. The van der Waals surface area contributed by atoms with Gasteiger partial charge < -0.3 is 13.9 Å². The van der Waals surface area contributed by atoms with Crippen LogP contribution in [-0.4, -0.2) is 19.9 Å². The first kappa shape index (κ1) is 14.0. The predicted molar refractivity (Wildman–Crippen MR) is 81.0 cm³/mol.